The summed E-state index contributed by atoms with van der Waals surface area (Å²) in [7, 11) is 1.57. The summed E-state index contributed by atoms with van der Waals surface area (Å²) in [5.41, 5.74) is 0.566. The summed E-state index contributed by atoms with van der Waals surface area (Å²) < 4.78 is 43.7. The van der Waals surface area contributed by atoms with E-state index in [1.807, 2.05) is 6.07 Å². The molecule has 0 bridgehead atoms. The molecule has 166 valence electrons. The Morgan fingerprint density at radius 1 is 1.13 bits per heavy atom. The molecule has 0 aliphatic carbocycles. The normalized spacial score (nSPS) is 11.7. The standard InChI is InChI=1S/C20H19ClF3N5O.HI/c1-25-19(27-12-13-4-2-6-15(10-13)20(22,23)24)26-9-8-17-28-18(29-30-17)14-5-3-7-16(21)11-14;/h2-7,10-11H,8-9,12H2,1H3,(H2,25,26,27);1H. The zero-order chi connectivity index (χ0) is 21.6. The molecule has 0 unspecified atom stereocenters. The number of alkyl halides is 3. The molecule has 0 saturated carbocycles. The van der Waals surface area contributed by atoms with Gasteiger partial charge in [0.05, 0.1) is 5.56 Å². The Morgan fingerprint density at radius 2 is 1.90 bits per heavy atom. The predicted molar refractivity (Wildman–Crippen MR) is 124 cm³/mol. The first kappa shape index (κ1) is 24.9. The lowest BCUT2D eigenvalue weighted by molar-refractivity contribution is -0.137. The number of hydrogen-bond acceptors (Lipinski definition) is 4. The van der Waals surface area contributed by atoms with Crippen LogP contribution in [0.25, 0.3) is 11.4 Å². The van der Waals surface area contributed by atoms with E-state index in [4.69, 9.17) is 16.1 Å². The molecule has 2 N–H and O–H groups in total. The lowest BCUT2D eigenvalue weighted by Crippen LogP contribution is -2.37. The van der Waals surface area contributed by atoms with Crippen LogP contribution < -0.4 is 10.6 Å². The van der Waals surface area contributed by atoms with Gasteiger partial charge in [0.1, 0.15) is 0 Å². The predicted octanol–water partition coefficient (Wildman–Crippen LogP) is 4.93. The van der Waals surface area contributed by atoms with E-state index in [0.717, 1.165) is 17.7 Å². The summed E-state index contributed by atoms with van der Waals surface area (Å²) in [4.78, 5) is 8.39. The number of rotatable bonds is 6. The summed E-state index contributed by atoms with van der Waals surface area (Å²) in [6.45, 7) is 0.641. The van der Waals surface area contributed by atoms with E-state index in [0.29, 0.717) is 41.2 Å². The largest absolute Gasteiger partial charge is 0.416 e. The molecule has 0 saturated heterocycles. The molecule has 0 aliphatic heterocycles. The van der Waals surface area contributed by atoms with Crippen LogP contribution in [-0.4, -0.2) is 29.7 Å². The Hall–Kier alpha value is -2.34. The highest BCUT2D eigenvalue weighted by atomic mass is 127. The fourth-order valence-electron chi connectivity index (χ4n) is 2.65. The second-order valence-electron chi connectivity index (χ2n) is 6.32. The van der Waals surface area contributed by atoms with E-state index in [1.54, 1.807) is 31.3 Å². The highest BCUT2D eigenvalue weighted by molar-refractivity contribution is 14.0. The van der Waals surface area contributed by atoms with Gasteiger partial charge in [0.25, 0.3) is 0 Å². The van der Waals surface area contributed by atoms with Crippen molar-refractivity contribution in [1.29, 1.82) is 0 Å². The number of guanidine groups is 1. The second-order valence-corrected chi connectivity index (χ2v) is 6.76. The van der Waals surface area contributed by atoms with Crippen LogP contribution in [0.15, 0.2) is 58.0 Å². The van der Waals surface area contributed by atoms with E-state index in [-0.39, 0.29) is 30.5 Å². The first-order chi connectivity index (χ1) is 14.3. The Balaban J connectivity index is 0.00000341. The van der Waals surface area contributed by atoms with Crippen molar-refractivity contribution in [3.05, 3.63) is 70.6 Å². The minimum atomic E-state index is -4.37. The van der Waals surface area contributed by atoms with Crippen LogP contribution in [0.4, 0.5) is 13.2 Å². The quantitative estimate of drug-likeness (QED) is 0.252. The molecule has 11 heteroatoms. The van der Waals surface area contributed by atoms with Crippen LogP contribution in [0, 0.1) is 0 Å². The average Bonchev–Trinajstić information content (AvgIpc) is 3.19. The summed E-state index contributed by atoms with van der Waals surface area (Å²) >= 11 is 5.97. The molecular formula is C20H20ClF3IN5O. The molecule has 1 aromatic heterocycles. The van der Waals surface area contributed by atoms with Crippen molar-refractivity contribution in [3.63, 3.8) is 0 Å². The van der Waals surface area contributed by atoms with Crippen LogP contribution in [0.1, 0.15) is 17.0 Å². The first-order valence-electron chi connectivity index (χ1n) is 9.04. The second kappa shape index (κ2) is 11.3. The van der Waals surface area contributed by atoms with Gasteiger partial charge in [-0.2, -0.15) is 18.2 Å². The number of aromatic nitrogens is 2. The summed E-state index contributed by atoms with van der Waals surface area (Å²) in [6.07, 6.45) is -3.93. The maximum atomic E-state index is 12.8. The average molecular weight is 566 g/mol. The van der Waals surface area contributed by atoms with E-state index in [9.17, 15) is 13.2 Å². The number of nitrogens with zero attached hydrogens (tertiary/aromatic N) is 3. The highest BCUT2D eigenvalue weighted by Gasteiger charge is 2.30. The van der Waals surface area contributed by atoms with Gasteiger partial charge in [-0.25, -0.2) is 0 Å². The summed E-state index contributed by atoms with van der Waals surface area (Å²) in [6, 6.07) is 12.3. The van der Waals surface area contributed by atoms with E-state index >= 15 is 0 Å². The molecule has 0 radical (unpaired) electrons. The fourth-order valence-corrected chi connectivity index (χ4v) is 2.84. The Labute approximate surface area is 199 Å². The highest BCUT2D eigenvalue weighted by Crippen LogP contribution is 2.29. The molecule has 3 rings (SSSR count). The molecule has 1 heterocycles. The van der Waals surface area contributed by atoms with E-state index in [2.05, 4.69) is 25.8 Å². The molecule has 3 aromatic rings. The summed E-state index contributed by atoms with van der Waals surface area (Å²) in [5, 5.41) is 10.6. The monoisotopic (exact) mass is 565 g/mol. The van der Waals surface area contributed by atoms with Gasteiger partial charge in [0.2, 0.25) is 11.7 Å². The molecule has 0 amide bonds. The van der Waals surface area contributed by atoms with Gasteiger partial charge in [-0.3, -0.25) is 4.99 Å². The van der Waals surface area contributed by atoms with Gasteiger partial charge < -0.3 is 15.2 Å². The van der Waals surface area contributed by atoms with Gasteiger partial charge in [0.15, 0.2) is 5.96 Å². The van der Waals surface area contributed by atoms with Crippen molar-refractivity contribution in [2.45, 2.75) is 19.1 Å². The first-order valence-corrected chi connectivity index (χ1v) is 9.42. The molecule has 0 aliphatic rings. The molecule has 6 nitrogen and oxygen atoms in total. The minimum absolute atomic E-state index is 0. The van der Waals surface area contributed by atoms with Crippen LogP contribution in [0.2, 0.25) is 5.02 Å². The third-order valence-electron chi connectivity index (χ3n) is 4.12. The maximum absolute atomic E-state index is 12.8. The van der Waals surface area contributed by atoms with Gasteiger partial charge in [0, 0.05) is 37.1 Å². The number of benzene rings is 2. The van der Waals surface area contributed by atoms with Crippen LogP contribution in [0.3, 0.4) is 0 Å². The van der Waals surface area contributed by atoms with E-state index in [1.165, 1.54) is 6.07 Å². The van der Waals surface area contributed by atoms with Crippen molar-refractivity contribution in [2.75, 3.05) is 13.6 Å². The van der Waals surface area contributed by atoms with Gasteiger partial charge in [-0.1, -0.05) is 41.0 Å². The van der Waals surface area contributed by atoms with Crippen molar-refractivity contribution in [2.24, 2.45) is 4.99 Å². The van der Waals surface area contributed by atoms with Gasteiger partial charge in [-0.05, 0) is 29.8 Å². The van der Waals surface area contributed by atoms with E-state index < -0.39 is 11.7 Å². The van der Waals surface area contributed by atoms with Crippen molar-refractivity contribution >= 4 is 41.5 Å². The summed E-state index contributed by atoms with van der Waals surface area (Å²) in [5.74, 6) is 1.33. The lowest BCUT2D eigenvalue weighted by Gasteiger charge is -2.12. The smallest absolute Gasteiger partial charge is 0.356 e. The van der Waals surface area contributed by atoms with Crippen molar-refractivity contribution in [3.8, 4) is 11.4 Å². The third kappa shape index (κ3) is 7.39. The topological polar surface area (TPSA) is 75.3 Å². The SMILES string of the molecule is CN=C(NCCc1nc(-c2cccc(Cl)c2)no1)NCc1cccc(C(F)(F)F)c1.I. The Kier molecular flexibility index (Phi) is 9.11. The maximum Gasteiger partial charge on any atom is 0.416 e. The molecule has 0 spiro atoms. The van der Waals surface area contributed by atoms with Crippen LogP contribution in [0.5, 0.6) is 0 Å². The molecular weight excluding hydrogens is 546 g/mol. The lowest BCUT2D eigenvalue weighted by atomic mass is 10.1. The van der Waals surface area contributed by atoms with Gasteiger partial charge in [-0.15, -0.1) is 24.0 Å². The number of halogens is 5. The number of hydrogen-bond donors (Lipinski definition) is 2. The van der Waals surface area contributed by atoms with Crippen molar-refractivity contribution < 1.29 is 17.7 Å². The number of nitrogens with one attached hydrogen (secondary N) is 2. The zero-order valence-corrected chi connectivity index (χ0v) is 19.5. The van der Waals surface area contributed by atoms with Crippen molar-refractivity contribution in [1.82, 2.24) is 20.8 Å². The molecule has 0 fully saturated rings. The number of aliphatic imine (C=N–C) groups is 1. The molecule has 0 atom stereocenters. The van der Waals surface area contributed by atoms with Crippen LogP contribution in [-0.2, 0) is 19.1 Å². The molecule has 31 heavy (non-hydrogen) atoms. The van der Waals surface area contributed by atoms with Crippen LogP contribution >= 0.6 is 35.6 Å². The molecule has 2 aromatic carbocycles. The Morgan fingerprint density at radius 3 is 2.61 bits per heavy atom. The minimum Gasteiger partial charge on any atom is -0.356 e. The Bertz CT molecular complexity index is 1030. The zero-order valence-electron chi connectivity index (χ0n) is 16.4. The van der Waals surface area contributed by atoms with Gasteiger partial charge >= 0.3 is 6.18 Å². The fraction of sp³-hybridized carbons (Fsp3) is 0.250. The third-order valence-corrected chi connectivity index (χ3v) is 4.36.